The van der Waals surface area contributed by atoms with E-state index in [2.05, 4.69) is 9.72 Å². The predicted octanol–water partition coefficient (Wildman–Crippen LogP) is 1.10. The van der Waals surface area contributed by atoms with E-state index < -0.39 is 0 Å². The maximum absolute atomic E-state index is 9.66. The number of aryl methyl sites for hydroxylation is 1. The van der Waals surface area contributed by atoms with E-state index in [4.69, 9.17) is 0 Å². The lowest BCUT2D eigenvalue weighted by Crippen LogP contribution is -1.94. The molecule has 0 aliphatic rings. The van der Waals surface area contributed by atoms with Gasteiger partial charge in [0.05, 0.1) is 6.61 Å². The van der Waals surface area contributed by atoms with Gasteiger partial charge in [0.15, 0.2) is 0 Å². The lowest BCUT2D eigenvalue weighted by atomic mass is 10.1. The highest BCUT2D eigenvalue weighted by molar-refractivity contribution is 5.38. The molecule has 12 heavy (non-hydrogen) atoms. The van der Waals surface area contributed by atoms with E-state index in [0.717, 1.165) is 12.8 Å². The molecule has 1 aromatic rings. The fourth-order valence-corrected chi connectivity index (χ4v) is 0.940. The molecule has 0 amide bonds. The van der Waals surface area contributed by atoms with Crippen LogP contribution in [0.3, 0.4) is 0 Å². The first-order valence-electron chi connectivity index (χ1n) is 3.81. The molecule has 1 rings (SSSR count). The second-order valence-electron chi connectivity index (χ2n) is 2.39. The summed E-state index contributed by atoms with van der Waals surface area (Å²) in [6.45, 7) is 1.83. The van der Waals surface area contributed by atoms with Crippen LogP contribution in [0, 0.1) is 0 Å². The van der Waals surface area contributed by atoms with Crippen molar-refractivity contribution in [3.63, 3.8) is 0 Å². The summed E-state index contributed by atoms with van der Waals surface area (Å²) in [5.41, 5.74) is 1.21. The molecule has 63 valence electrons. The quantitative estimate of drug-likeness (QED) is 0.612. The van der Waals surface area contributed by atoms with Crippen molar-refractivity contribution in [2.75, 3.05) is 6.61 Å². The van der Waals surface area contributed by atoms with E-state index >= 15 is 0 Å². The van der Waals surface area contributed by atoms with Gasteiger partial charge in [0.25, 0.3) is 0 Å². The third kappa shape index (κ3) is 3.14. The minimum atomic E-state index is 0.436. The van der Waals surface area contributed by atoms with Gasteiger partial charge in [0, 0.05) is 12.4 Å². The number of aromatic nitrogens is 1. The van der Waals surface area contributed by atoms with E-state index in [0.29, 0.717) is 6.61 Å². The molecule has 3 heteroatoms. The van der Waals surface area contributed by atoms with Crippen LogP contribution in [0.2, 0.25) is 0 Å². The van der Waals surface area contributed by atoms with Crippen LogP contribution in [-0.2, 0) is 16.0 Å². The van der Waals surface area contributed by atoms with Gasteiger partial charge in [-0.3, -0.25) is 4.98 Å². The summed E-state index contributed by atoms with van der Waals surface area (Å²) in [7, 11) is 0. The van der Waals surface area contributed by atoms with Crippen LogP contribution in [0.1, 0.15) is 12.0 Å². The molecule has 0 saturated carbocycles. The third-order valence-corrected chi connectivity index (χ3v) is 1.52. The molecular weight excluding hydrogens is 154 g/mol. The Kier molecular flexibility index (Phi) is 3.84. The average molecular weight is 164 g/mol. The highest BCUT2D eigenvalue weighted by Crippen LogP contribution is 2.00. The monoisotopic (exact) mass is 164 g/mol. The smallest absolute Gasteiger partial charge is 0.417 e. The number of carbonyl (C=O) groups excluding carboxylic acids is 1. The minimum Gasteiger partial charge on any atom is -0.457 e. The average Bonchev–Trinajstić information content (AvgIpc) is 2.14. The largest absolute Gasteiger partial charge is 0.457 e. The Labute approximate surface area is 71.4 Å². The summed E-state index contributed by atoms with van der Waals surface area (Å²) in [6, 6.07) is 3.90. The van der Waals surface area contributed by atoms with Crippen molar-refractivity contribution in [2.24, 2.45) is 0 Å². The molecule has 0 aliphatic heterocycles. The molecule has 0 bridgehead atoms. The third-order valence-electron chi connectivity index (χ3n) is 1.52. The van der Waals surface area contributed by atoms with Crippen molar-refractivity contribution < 1.29 is 9.53 Å². The van der Waals surface area contributed by atoms with Crippen molar-refractivity contribution in [2.45, 2.75) is 12.8 Å². The molecule has 0 atom stereocenters. The summed E-state index contributed by atoms with van der Waals surface area (Å²) >= 11 is 0. The van der Waals surface area contributed by atoms with Gasteiger partial charge in [-0.25, -0.2) is 4.79 Å². The van der Waals surface area contributed by atoms with Crippen molar-refractivity contribution in [3.8, 4) is 0 Å². The molecule has 1 aromatic heterocycles. The summed E-state index contributed by atoms with van der Waals surface area (Å²) in [5.74, 6) is 0. The van der Waals surface area contributed by atoms with E-state index in [1.165, 1.54) is 12.0 Å². The van der Waals surface area contributed by atoms with Gasteiger partial charge < -0.3 is 4.74 Å². The summed E-state index contributed by atoms with van der Waals surface area (Å²) < 4.78 is 4.43. The zero-order valence-corrected chi connectivity index (χ0v) is 6.69. The molecule has 0 N–H and O–H groups in total. The molecule has 0 unspecified atom stereocenters. The molecular formula is C9H10NO2. The Balaban J connectivity index is 2.20. The summed E-state index contributed by atoms with van der Waals surface area (Å²) in [6.07, 6.45) is 5.24. The Morgan fingerprint density at radius 3 is 2.83 bits per heavy atom. The van der Waals surface area contributed by atoms with Crippen molar-refractivity contribution in [3.05, 3.63) is 30.1 Å². The molecule has 3 nitrogen and oxygen atoms in total. The maximum atomic E-state index is 9.66. The number of hydrogen-bond donors (Lipinski definition) is 0. The fourth-order valence-electron chi connectivity index (χ4n) is 0.940. The Hall–Kier alpha value is -1.38. The summed E-state index contributed by atoms with van der Waals surface area (Å²) in [5, 5.41) is 0. The van der Waals surface area contributed by atoms with E-state index in [9.17, 15) is 4.79 Å². The van der Waals surface area contributed by atoms with Gasteiger partial charge in [0.1, 0.15) is 0 Å². The highest BCUT2D eigenvalue weighted by Gasteiger charge is 1.91. The first-order valence-corrected chi connectivity index (χ1v) is 3.81. The van der Waals surface area contributed by atoms with Gasteiger partial charge >= 0.3 is 6.47 Å². The number of nitrogens with zero attached hydrogens (tertiary/aromatic N) is 1. The molecule has 0 aromatic carbocycles. The van der Waals surface area contributed by atoms with Crippen molar-refractivity contribution >= 4 is 6.47 Å². The van der Waals surface area contributed by atoms with Crippen LogP contribution in [0.5, 0.6) is 0 Å². The molecule has 0 fully saturated rings. The zero-order chi connectivity index (χ0) is 8.65. The van der Waals surface area contributed by atoms with Gasteiger partial charge in [-0.2, -0.15) is 0 Å². The Morgan fingerprint density at radius 2 is 2.17 bits per heavy atom. The Morgan fingerprint density at radius 1 is 1.42 bits per heavy atom. The summed E-state index contributed by atoms with van der Waals surface area (Å²) in [4.78, 5) is 13.6. The van der Waals surface area contributed by atoms with Gasteiger partial charge in [-0.15, -0.1) is 0 Å². The predicted molar refractivity (Wildman–Crippen MR) is 44.2 cm³/mol. The zero-order valence-electron chi connectivity index (χ0n) is 6.69. The van der Waals surface area contributed by atoms with Gasteiger partial charge in [0.2, 0.25) is 0 Å². The first-order chi connectivity index (χ1) is 5.93. The highest BCUT2D eigenvalue weighted by atomic mass is 16.5. The van der Waals surface area contributed by atoms with E-state index in [-0.39, 0.29) is 0 Å². The second-order valence-corrected chi connectivity index (χ2v) is 2.39. The number of rotatable bonds is 5. The normalized spacial score (nSPS) is 9.33. The SMILES string of the molecule is O=[C]OCCCc1ccncc1. The number of pyridine rings is 1. The van der Waals surface area contributed by atoms with Gasteiger partial charge in [-0.1, -0.05) is 0 Å². The lowest BCUT2D eigenvalue weighted by molar-refractivity contribution is 0.273. The molecule has 0 saturated heterocycles. The van der Waals surface area contributed by atoms with Crippen LogP contribution >= 0.6 is 0 Å². The minimum absolute atomic E-state index is 0.436. The fraction of sp³-hybridized carbons (Fsp3) is 0.333. The molecule has 1 radical (unpaired) electrons. The van der Waals surface area contributed by atoms with E-state index in [1.54, 1.807) is 12.4 Å². The van der Waals surface area contributed by atoms with Gasteiger partial charge in [-0.05, 0) is 30.5 Å². The number of ether oxygens (including phenoxy) is 1. The van der Waals surface area contributed by atoms with Crippen molar-refractivity contribution in [1.29, 1.82) is 0 Å². The molecule has 0 aliphatic carbocycles. The lowest BCUT2D eigenvalue weighted by Gasteiger charge is -1.98. The first kappa shape index (κ1) is 8.71. The van der Waals surface area contributed by atoms with Crippen LogP contribution in [0.4, 0.5) is 0 Å². The standard InChI is InChI=1S/C9H10NO2/c11-8-12-7-1-2-9-3-5-10-6-4-9/h3-6H,1-2,7H2. The van der Waals surface area contributed by atoms with Crippen molar-refractivity contribution in [1.82, 2.24) is 4.98 Å². The second kappa shape index (κ2) is 5.29. The van der Waals surface area contributed by atoms with E-state index in [1.807, 2.05) is 12.1 Å². The number of hydrogen-bond acceptors (Lipinski definition) is 3. The topological polar surface area (TPSA) is 39.2 Å². The van der Waals surface area contributed by atoms with Crippen LogP contribution in [0.25, 0.3) is 0 Å². The van der Waals surface area contributed by atoms with Crippen LogP contribution < -0.4 is 0 Å². The maximum Gasteiger partial charge on any atom is 0.417 e. The van der Waals surface area contributed by atoms with Crippen LogP contribution in [0.15, 0.2) is 24.5 Å². The Bertz CT molecular complexity index is 223. The molecule has 1 heterocycles. The molecule has 0 spiro atoms. The van der Waals surface area contributed by atoms with Crippen LogP contribution in [-0.4, -0.2) is 18.1 Å².